The van der Waals surface area contributed by atoms with Crippen LogP contribution in [0.2, 0.25) is 0 Å². The van der Waals surface area contributed by atoms with Crippen molar-refractivity contribution in [3.8, 4) is 0 Å². The van der Waals surface area contributed by atoms with Crippen molar-refractivity contribution in [3.63, 3.8) is 0 Å². The Hall–Kier alpha value is -1.16. The average molecular weight is 227 g/mol. The SMILES string of the molecule is FC(F)(F)Sc1cc[c]c2ccccc12. The van der Waals surface area contributed by atoms with E-state index in [0.29, 0.717) is 10.8 Å². The highest BCUT2D eigenvalue weighted by molar-refractivity contribution is 8.00. The Balaban J connectivity index is 2.52. The van der Waals surface area contributed by atoms with Gasteiger partial charge in [-0.1, -0.05) is 30.3 Å². The Labute approximate surface area is 89.1 Å². The van der Waals surface area contributed by atoms with Crippen LogP contribution in [0.3, 0.4) is 0 Å². The minimum Gasteiger partial charge on any atom is -0.160 e. The summed E-state index contributed by atoms with van der Waals surface area (Å²) in [5, 5.41) is 1.29. The van der Waals surface area contributed by atoms with E-state index in [1.807, 2.05) is 0 Å². The fraction of sp³-hybridized carbons (Fsp3) is 0.0909. The van der Waals surface area contributed by atoms with E-state index in [4.69, 9.17) is 0 Å². The first-order valence-electron chi connectivity index (χ1n) is 4.21. The molecule has 0 aliphatic rings. The second-order valence-electron chi connectivity index (χ2n) is 2.94. The first-order valence-corrected chi connectivity index (χ1v) is 5.03. The van der Waals surface area contributed by atoms with Crippen LogP contribution >= 0.6 is 11.8 Å². The Morgan fingerprint density at radius 2 is 1.80 bits per heavy atom. The zero-order chi connectivity index (χ0) is 10.9. The monoisotopic (exact) mass is 227 g/mol. The molecule has 0 bridgehead atoms. The number of rotatable bonds is 1. The molecule has 77 valence electrons. The van der Waals surface area contributed by atoms with E-state index in [-0.39, 0.29) is 16.7 Å². The lowest BCUT2D eigenvalue weighted by Gasteiger charge is -2.07. The summed E-state index contributed by atoms with van der Waals surface area (Å²) in [6, 6.07) is 12.7. The molecule has 15 heavy (non-hydrogen) atoms. The highest BCUT2D eigenvalue weighted by Crippen LogP contribution is 2.39. The third-order valence-corrected chi connectivity index (χ3v) is 2.70. The molecule has 0 spiro atoms. The van der Waals surface area contributed by atoms with Crippen LogP contribution in [-0.4, -0.2) is 5.51 Å². The van der Waals surface area contributed by atoms with Crippen molar-refractivity contribution in [3.05, 3.63) is 42.5 Å². The van der Waals surface area contributed by atoms with Crippen molar-refractivity contribution in [1.82, 2.24) is 0 Å². The number of hydrogen-bond donors (Lipinski definition) is 0. The molecule has 2 aromatic carbocycles. The summed E-state index contributed by atoms with van der Waals surface area (Å²) in [5.74, 6) is 0. The molecule has 0 saturated carbocycles. The number of thioether (sulfide) groups is 1. The summed E-state index contributed by atoms with van der Waals surface area (Å²) in [5.41, 5.74) is -4.25. The van der Waals surface area contributed by atoms with Gasteiger partial charge in [-0.15, -0.1) is 0 Å². The number of benzene rings is 2. The van der Waals surface area contributed by atoms with Gasteiger partial charge in [0.25, 0.3) is 0 Å². The molecule has 1 radical (unpaired) electrons. The summed E-state index contributed by atoms with van der Waals surface area (Å²) in [6.45, 7) is 0. The summed E-state index contributed by atoms with van der Waals surface area (Å²) in [7, 11) is 0. The van der Waals surface area contributed by atoms with Crippen LogP contribution in [0.4, 0.5) is 13.2 Å². The predicted molar refractivity (Wildman–Crippen MR) is 54.7 cm³/mol. The molecule has 0 N–H and O–H groups in total. The standard InChI is InChI=1S/C11H6F3S/c12-11(13,14)15-10-7-3-5-8-4-1-2-6-9(8)10/h1-4,6-7H. The van der Waals surface area contributed by atoms with E-state index in [0.717, 1.165) is 0 Å². The molecule has 0 fully saturated rings. The zero-order valence-corrected chi connectivity index (χ0v) is 8.32. The molecule has 4 heteroatoms. The fourth-order valence-electron chi connectivity index (χ4n) is 1.33. The van der Waals surface area contributed by atoms with Crippen molar-refractivity contribution >= 4 is 22.5 Å². The zero-order valence-electron chi connectivity index (χ0n) is 7.51. The van der Waals surface area contributed by atoms with Gasteiger partial charge in [0.2, 0.25) is 0 Å². The second kappa shape index (κ2) is 3.77. The largest absolute Gasteiger partial charge is 0.446 e. The molecule has 0 heterocycles. The molecule has 0 unspecified atom stereocenters. The molecule has 0 aromatic heterocycles. The lowest BCUT2D eigenvalue weighted by molar-refractivity contribution is -0.0327. The van der Waals surface area contributed by atoms with E-state index >= 15 is 0 Å². The smallest absolute Gasteiger partial charge is 0.160 e. The molecule has 0 amide bonds. The number of fused-ring (bicyclic) bond motifs is 1. The van der Waals surface area contributed by atoms with Gasteiger partial charge in [-0.25, -0.2) is 0 Å². The van der Waals surface area contributed by atoms with Gasteiger partial charge in [-0.05, 0) is 34.7 Å². The minimum absolute atomic E-state index is 0.0898. The average Bonchev–Trinajstić information content (AvgIpc) is 2.16. The lowest BCUT2D eigenvalue weighted by Crippen LogP contribution is -1.99. The molecule has 0 atom stereocenters. The number of halogens is 3. The Morgan fingerprint density at radius 1 is 1.07 bits per heavy atom. The molecule has 0 aliphatic carbocycles. The fourth-order valence-corrected chi connectivity index (χ4v) is 2.01. The van der Waals surface area contributed by atoms with Gasteiger partial charge in [-0.2, -0.15) is 13.2 Å². The molecular weight excluding hydrogens is 221 g/mol. The van der Waals surface area contributed by atoms with Crippen LogP contribution in [0.25, 0.3) is 10.8 Å². The van der Waals surface area contributed by atoms with Crippen LogP contribution in [0.15, 0.2) is 41.3 Å². The Kier molecular flexibility index (Phi) is 2.61. The Bertz CT molecular complexity index is 471. The van der Waals surface area contributed by atoms with Crippen molar-refractivity contribution in [1.29, 1.82) is 0 Å². The highest BCUT2D eigenvalue weighted by atomic mass is 32.2. The molecule has 2 aromatic rings. The van der Waals surface area contributed by atoms with E-state index in [1.54, 1.807) is 24.3 Å². The van der Waals surface area contributed by atoms with Crippen molar-refractivity contribution < 1.29 is 13.2 Å². The topological polar surface area (TPSA) is 0 Å². The van der Waals surface area contributed by atoms with E-state index in [9.17, 15) is 13.2 Å². The molecule has 0 nitrogen and oxygen atoms in total. The van der Waals surface area contributed by atoms with Gasteiger partial charge in [0.1, 0.15) is 0 Å². The van der Waals surface area contributed by atoms with Gasteiger partial charge in [0.15, 0.2) is 0 Å². The first-order chi connectivity index (χ1) is 7.06. The molecular formula is C11H6F3S. The Morgan fingerprint density at radius 3 is 2.53 bits per heavy atom. The van der Waals surface area contributed by atoms with Crippen molar-refractivity contribution in [2.75, 3.05) is 0 Å². The third-order valence-electron chi connectivity index (χ3n) is 1.89. The maximum atomic E-state index is 12.2. The van der Waals surface area contributed by atoms with Crippen molar-refractivity contribution in [2.24, 2.45) is 0 Å². The molecule has 0 aliphatic heterocycles. The van der Waals surface area contributed by atoms with Crippen LogP contribution in [0.1, 0.15) is 0 Å². The summed E-state index contributed by atoms with van der Waals surface area (Å²) >= 11 is -0.0898. The van der Waals surface area contributed by atoms with E-state index in [2.05, 4.69) is 6.07 Å². The van der Waals surface area contributed by atoms with Crippen LogP contribution in [0.5, 0.6) is 0 Å². The molecule has 2 rings (SSSR count). The third kappa shape index (κ3) is 2.45. The first kappa shape index (κ1) is 10.4. The summed E-state index contributed by atoms with van der Waals surface area (Å²) < 4.78 is 36.7. The number of alkyl halides is 3. The lowest BCUT2D eigenvalue weighted by atomic mass is 10.1. The van der Waals surface area contributed by atoms with Gasteiger partial charge >= 0.3 is 5.51 Å². The maximum absolute atomic E-state index is 12.2. The van der Waals surface area contributed by atoms with Crippen LogP contribution < -0.4 is 0 Å². The van der Waals surface area contributed by atoms with E-state index in [1.165, 1.54) is 12.1 Å². The van der Waals surface area contributed by atoms with Crippen LogP contribution in [-0.2, 0) is 0 Å². The minimum atomic E-state index is -4.25. The van der Waals surface area contributed by atoms with Gasteiger partial charge < -0.3 is 0 Å². The molecule has 0 saturated heterocycles. The van der Waals surface area contributed by atoms with Gasteiger partial charge in [-0.3, -0.25) is 0 Å². The second-order valence-corrected chi connectivity index (χ2v) is 4.04. The van der Waals surface area contributed by atoms with Gasteiger partial charge in [0, 0.05) is 4.90 Å². The van der Waals surface area contributed by atoms with E-state index < -0.39 is 5.51 Å². The highest BCUT2D eigenvalue weighted by Gasteiger charge is 2.29. The maximum Gasteiger partial charge on any atom is 0.446 e. The summed E-state index contributed by atoms with van der Waals surface area (Å²) in [4.78, 5) is 0.219. The van der Waals surface area contributed by atoms with Crippen LogP contribution in [0, 0.1) is 6.07 Å². The predicted octanol–water partition coefficient (Wildman–Crippen LogP) is 4.25. The normalized spacial score (nSPS) is 11.9. The summed E-state index contributed by atoms with van der Waals surface area (Å²) in [6.07, 6.45) is 0. The van der Waals surface area contributed by atoms with Gasteiger partial charge in [0.05, 0.1) is 0 Å². The quantitative estimate of drug-likeness (QED) is 0.656. The van der Waals surface area contributed by atoms with Crippen molar-refractivity contribution in [2.45, 2.75) is 10.4 Å². The number of hydrogen-bond acceptors (Lipinski definition) is 1.